The van der Waals surface area contributed by atoms with Crippen molar-refractivity contribution in [2.45, 2.75) is 25.3 Å². The SMILES string of the molecule is COCCN(C)C(=O)[C@H]1CCCCN1. The van der Waals surface area contributed by atoms with Crippen LogP contribution in [0.25, 0.3) is 0 Å². The third-order valence-electron chi connectivity index (χ3n) is 2.62. The lowest BCUT2D eigenvalue weighted by Gasteiger charge is -2.27. The van der Waals surface area contributed by atoms with Gasteiger partial charge < -0.3 is 15.0 Å². The number of rotatable bonds is 4. The number of nitrogens with one attached hydrogen (secondary N) is 1. The van der Waals surface area contributed by atoms with E-state index >= 15 is 0 Å². The van der Waals surface area contributed by atoms with Crippen molar-refractivity contribution in [1.29, 1.82) is 0 Å². The van der Waals surface area contributed by atoms with Crippen LogP contribution in [0.2, 0.25) is 0 Å². The van der Waals surface area contributed by atoms with Crippen molar-refractivity contribution in [2.24, 2.45) is 0 Å². The lowest BCUT2D eigenvalue weighted by molar-refractivity contribution is -0.133. The Balaban J connectivity index is 2.30. The predicted octanol–water partition coefficient (Wildman–Crippen LogP) is 0.233. The quantitative estimate of drug-likeness (QED) is 0.706. The minimum Gasteiger partial charge on any atom is -0.383 e. The molecule has 1 aliphatic rings. The number of nitrogens with zero attached hydrogens (tertiary/aromatic N) is 1. The molecular formula is C10H20N2O2. The number of piperidine rings is 1. The molecule has 0 aromatic heterocycles. The zero-order valence-corrected chi connectivity index (χ0v) is 9.08. The maximum absolute atomic E-state index is 11.8. The van der Waals surface area contributed by atoms with Crippen LogP contribution in [0.5, 0.6) is 0 Å². The predicted molar refractivity (Wildman–Crippen MR) is 55.2 cm³/mol. The summed E-state index contributed by atoms with van der Waals surface area (Å²) < 4.78 is 4.94. The Kier molecular flexibility index (Phi) is 4.90. The smallest absolute Gasteiger partial charge is 0.239 e. The monoisotopic (exact) mass is 200 g/mol. The fourth-order valence-corrected chi connectivity index (χ4v) is 1.67. The summed E-state index contributed by atoms with van der Waals surface area (Å²) in [5.74, 6) is 0.196. The van der Waals surface area contributed by atoms with Gasteiger partial charge in [0.25, 0.3) is 0 Å². The van der Waals surface area contributed by atoms with Gasteiger partial charge in [0.05, 0.1) is 12.6 Å². The van der Waals surface area contributed by atoms with Gasteiger partial charge in [0.2, 0.25) is 5.91 Å². The standard InChI is InChI=1S/C10H20N2O2/c1-12(7-8-14-2)10(13)9-5-3-4-6-11-9/h9,11H,3-8H2,1-2H3/t9-/m1/s1. The first-order valence-corrected chi connectivity index (χ1v) is 5.23. The molecule has 1 fully saturated rings. The summed E-state index contributed by atoms with van der Waals surface area (Å²) in [5, 5.41) is 3.24. The van der Waals surface area contributed by atoms with Crippen LogP contribution < -0.4 is 5.32 Å². The fraction of sp³-hybridized carbons (Fsp3) is 0.900. The molecule has 0 aromatic rings. The molecule has 0 saturated carbocycles. The van der Waals surface area contributed by atoms with Gasteiger partial charge >= 0.3 is 0 Å². The first-order valence-electron chi connectivity index (χ1n) is 5.23. The van der Waals surface area contributed by atoms with Crippen LogP contribution in [0.15, 0.2) is 0 Å². The molecule has 0 bridgehead atoms. The van der Waals surface area contributed by atoms with Crippen molar-refractivity contribution in [1.82, 2.24) is 10.2 Å². The van der Waals surface area contributed by atoms with Crippen molar-refractivity contribution in [3.8, 4) is 0 Å². The molecule has 1 N–H and O–H groups in total. The van der Waals surface area contributed by atoms with Gasteiger partial charge in [-0.1, -0.05) is 6.42 Å². The third kappa shape index (κ3) is 3.27. The molecule has 4 heteroatoms. The maximum Gasteiger partial charge on any atom is 0.239 e. The molecule has 1 atom stereocenters. The second-order valence-corrected chi connectivity index (χ2v) is 3.76. The Morgan fingerprint density at radius 2 is 2.36 bits per heavy atom. The molecular weight excluding hydrogens is 180 g/mol. The average Bonchev–Trinajstić information content (AvgIpc) is 2.26. The summed E-state index contributed by atoms with van der Waals surface area (Å²) in [7, 11) is 3.48. The van der Waals surface area contributed by atoms with Gasteiger partial charge in [0.15, 0.2) is 0 Å². The molecule has 0 radical (unpaired) electrons. The molecule has 1 amide bonds. The average molecular weight is 200 g/mol. The van der Waals surface area contributed by atoms with E-state index in [1.807, 2.05) is 7.05 Å². The number of likely N-dealkylation sites (N-methyl/N-ethyl adjacent to an activating group) is 1. The molecule has 14 heavy (non-hydrogen) atoms. The van der Waals surface area contributed by atoms with Crippen molar-refractivity contribution < 1.29 is 9.53 Å². The second kappa shape index (κ2) is 5.98. The first kappa shape index (κ1) is 11.5. The lowest BCUT2D eigenvalue weighted by atomic mass is 10.0. The maximum atomic E-state index is 11.8. The van der Waals surface area contributed by atoms with Crippen molar-refractivity contribution >= 4 is 5.91 Å². The zero-order chi connectivity index (χ0) is 10.4. The number of carbonyl (C=O) groups excluding carboxylic acids is 1. The Bertz CT molecular complexity index is 179. The van der Waals surface area contributed by atoms with E-state index in [1.165, 1.54) is 6.42 Å². The summed E-state index contributed by atoms with van der Waals surface area (Å²) >= 11 is 0. The van der Waals surface area contributed by atoms with Gasteiger partial charge in [0.1, 0.15) is 0 Å². The fourth-order valence-electron chi connectivity index (χ4n) is 1.67. The van der Waals surface area contributed by atoms with Gasteiger partial charge in [-0.25, -0.2) is 0 Å². The third-order valence-corrected chi connectivity index (χ3v) is 2.62. The van der Waals surface area contributed by atoms with E-state index in [0.29, 0.717) is 13.2 Å². The normalized spacial score (nSPS) is 22.0. The molecule has 4 nitrogen and oxygen atoms in total. The number of ether oxygens (including phenoxy) is 1. The Hall–Kier alpha value is -0.610. The van der Waals surface area contributed by atoms with Crippen LogP contribution in [0.4, 0.5) is 0 Å². The number of hydrogen-bond acceptors (Lipinski definition) is 3. The summed E-state index contributed by atoms with van der Waals surface area (Å²) in [4.78, 5) is 13.6. The molecule has 0 aromatic carbocycles. The van der Waals surface area contributed by atoms with Crippen LogP contribution in [0.3, 0.4) is 0 Å². The number of amides is 1. The lowest BCUT2D eigenvalue weighted by Crippen LogP contribution is -2.47. The number of hydrogen-bond donors (Lipinski definition) is 1. The van der Waals surface area contributed by atoms with Crippen LogP contribution >= 0.6 is 0 Å². The zero-order valence-electron chi connectivity index (χ0n) is 9.08. The summed E-state index contributed by atoms with van der Waals surface area (Å²) in [5.41, 5.74) is 0. The molecule has 0 unspecified atom stereocenters. The highest BCUT2D eigenvalue weighted by molar-refractivity contribution is 5.81. The number of methoxy groups -OCH3 is 1. The number of carbonyl (C=O) groups is 1. The molecule has 1 heterocycles. The van der Waals surface area contributed by atoms with Crippen LogP contribution in [0, 0.1) is 0 Å². The van der Waals surface area contributed by atoms with E-state index in [9.17, 15) is 4.79 Å². The summed E-state index contributed by atoms with van der Waals surface area (Å²) in [6.07, 6.45) is 3.31. The molecule has 1 rings (SSSR count). The van der Waals surface area contributed by atoms with E-state index < -0.39 is 0 Å². The van der Waals surface area contributed by atoms with E-state index in [2.05, 4.69) is 5.32 Å². The van der Waals surface area contributed by atoms with E-state index in [4.69, 9.17) is 4.74 Å². The molecule has 1 saturated heterocycles. The van der Waals surface area contributed by atoms with Crippen LogP contribution in [-0.4, -0.2) is 50.7 Å². The highest BCUT2D eigenvalue weighted by atomic mass is 16.5. The molecule has 82 valence electrons. The Labute approximate surface area is 85.6 Å². The van der Waals surface area contributed by atoms with Crippen LogP contribution in [-0.2, 0) is 9.53 Å². The van der Waals surface area contributed by atoms with E-state index in [0.717, 1.165) is 19.4 Å². The molecule has 0 spiro atoms. The highest BCUT2D eigenvalue weighted by Crippen LogP contribution is 2.08. The Morgan fingerprint density at radius 1 is 1.57 bits per heavy atom. The van der Waals surface area contributed by atoms with Crippen molar-refractivity contribution in [2.75, 3.05) is 33.9 Å². The molecule has 0 aliphatic carbocycles. The summed E-state index contributed by atoms with van der Waals surface area (Å²) in [6, 6.07) is 0.0330. The largest absolute Gasteiger partial charge is 0.383 e. The van der Waals surface area contributed by atoms with Crippen molar-refractivity contribution in [3.05, 3.63) is 0 Å². The van der Waals surface area contributed by atoms with Gasteiger partial charge in [-0.05, 0) is 19.4 Å². The first-order chi connectivity index (χ1) is 6.75. The molecule has 1 aliphatic heterocycles. The minimum atomic E-state index is 0.0330. The van der Waals surface area contributed by atoms with Gasteiger partial charge in [-0.2, -0.15) is 0 Å². The van der Waals surface area contributed by atoms with Gasteiger partial charge in [-0.3, -0.25) is 4.79 Å². The van der Waals surface area contributed by atoms with Gasteiger partial charge in [0, 0.05) is 20.7 Å². The second-order valence-electron chi connectivity index (χ2n) is 3.76. The van der Waals surface area contributed by atoms with Crippen molar-refractivity contribution in [3.63, 3.8) is 0 Å². The highest BCUT2D eigenvalue weighted by Gasteiger charge is 2.22. The van der Waals surface area contributed by atoms with Gasteiger partial charge in [-0.15, -0.1) is 0 Å². The summed E-state index contributed by atoms with van der Waals surface area (Å²) in [6.45, 7) is 2.25. The Morgan fingerprint density at radius 3 is 2.93 bits per heavy atom. The van der Waals surface area contributed by atoms with E-state index in [1.54, 1.807) is 12.0 Å². The van der Waals surface area contributed by atoms with E-state index in [-0.39, 0.29) is 11.9 Å². The minimum absolute atomic E-state index is 0.0330. The van der Waals surface area contributed by atoms with Crippen LogP contribution in [0.1, 0.15) is 19.3 Å². The topological polar surface area (TPSA) is 41.6 Å².